The number of non-ortho nitro benzene ring substituents is 1. The molecule has 0 aliphatic heterocycles. The van der Waals surface area contributed by atoms with Gasteiger partial charge in [0.1, 0.15) is 22.5 Å². The zero-order chi connectivity index (χ0) is 25.6. The van der Waals surface area contributed by atoms with E-state index in [1.165, 1.54) is 52.1 Å². The molecule has 0 spiro atoms. The van der Waals surface area contributed by atoms with Crippen molar-refractivity contribution in [1.82, 2.24) is 4.72 Å². The third kappa shape index (κ3) is 6.48. The number of nitrogens with one attached hydrogen (secondary N) is 2. The van der Waals surface area contributed by atoms with Crippen molar-refractivity contribution in [3.05, 3.63) is 58.4 Å². The number of esters is 1. The van der Waals surface area contributed by atoms with Crippen LogP contribution in [0.2, 0.25) is 0 Å². The van der Waals surface area contributed by atoms with E-state index >= 15 is 0 Å². The highest BCUT2D eigenvalue weighted by atomic mass is 32.2. The average Bonchev–Trinajstić information content (AvgIpc) is 2.77. The molecule has 0 heterocycles. The maximum Gasteiger partial charge on any atom is 0.325 e. The van der Waals surface area contributed by atoms with E-state index in [9.17, 15) is 32.5 Å². The molecule has 0 aliphatic carbocycles. The van der Waals surface area contributed by atoms with Crippen molar-refractivity contribution in [2.24, 2.45) is 5.92 Å². The first kappa shape index (κ1) is 26.7. The molecule has 2 unspecified atom stereocenters. The van der Waals surface area contributed by atoms with E-state index in [1.54, 1.807) is 0 Å². The zero-order valence-electron chi connectivity index (χ0n) is 18.8. The van der Waals surface area contributed by atoms with E-state index < -0.39 is 55.6 Å². The van der Waals surface area contributed by atoms with Gasteiger partial charge in [0.05, 0.1) is 17.7 Å². The molecule has 0 aliphatic rings. The highest BCUT2D eigenvalue weighted by Gasteiger charge is 2.33. The molecule has 2 rings (SSSR count). The molecule has 11 nitrogen and oxygen atoms in total. The van der Waals surface area contributed by atoms with E-state index in [0.717, 1.165) is 18.2 Å². The maximum atomic E-state index is 14.0. The van der Waals surface area contributed by atoms with Crippen LogP contribution in [0.4, 0.5) is 15.8 Å². The minimum atomic E-state index is -4.41. The monoisotopic (exact) mass is 497 g/mol. The molecule has 0 aromatic heterocycles. The molecule has 2 atom stereocenters. The van der Waals surface area contributed by atoms with Crippen LogP contribution in [0.3, 0.4) is 0 Å². The molecule has 0 bridgehead atoms. The van der Waals surface area contributed by atoms with Crippen molar-refractivity contribution in [2.45, 2.75) is 37.8 Å². The van der Waals surface area contributed by atoms with Crippen LogP contribution in [0.1, 0.15) is 20.8 Å². The van der Waals surface area contributed by atoms with Gasteiger partial charge in [0, 0.05) is 12.1 Å². The number of ether oxygens (including phenoxy) is 2. The van der Waals surface area contributed by atoms with Gasteiger partial charge in [-0.05, 0) is 31.0 Å². The first-order valence-corrected chi connectivity index (χ1v) is 11.5. The summed E-state index contributed by atoms with van der Waals surface area (Å²) in [5.41, 5.74) is -0.326. The van der Waals surface area contributed by atoms with Crippen LogP contribution in [-0.4, -0.2) is 44.5 Å². The SMILES string of the molecule is COc1ccc([N+](=O)[O-])cc1NC(=O)C(C)OC(=O)C(NS(=O)(=O)c1ccccc1F)C(C)C. The van der Waals surface area contributed by atoms with Crippen molar-refractivity contribution in [3.63, 3.8) is 0 Å². The number of nitrogens with zero attached hydrogens (tertiary/aromatic N) is 1. The summed E-state index contributed by atoms with van der Waals surface area (Å²) in [7, 11) is -3.11. The molecule has 0 fully saturated rings. The van der Waals surface area contributed by atoms with Gasteiger partial charge in [-0.15, -0.1) is 0 Å². The number of anilines is 1. The highest BCUT2D eigenvalue weighted by molar-refractivity contribution is 7.89. The predicted molar refractivity (Wildman–Crippen MR) is 119 cm³/mol. The molecule has 0 saturated carbocycles. The second-order valence-corrected chi connectivity index (χ2v) is 9.17. The van der Waals surface area contributed by atoms with Gasteiger partial charge in [-0.25, -0.2) is 12.8 Å². The summed E-state index contributed by atoms with van der Waals surface area (Å²) in [6.45, 7) is 4.31. The summed E-state index contributed by atoms with van der Waals surface area (Å²) < 4.78 is 51.4. The Hall–Kier alpha value is -3.58. The van der Waals surface area contributed by atoms with Crippen molar-refractivity contribution < 1.29 is 36.8 Å². The van der Waals surface area contributed by atoms with Crippen LogP contribution in [0, 0.1) is 21.8 Å². The Labute approximate surface area is 195 Å². The third-order valence-electron chi connectivity index (χ3n) is 4.64. The predicted octanol–water partition coefficient (Wildman–Crippen LogP) is 2.62. The Balaban J connectivity index is 2.16. The van der Waals surface area contributed by atoms with Crippen LogP contribution in [-0.2, 0) is 24.3 Å². The molecule has 0 radical (unpaired) electrons. The van der Waals surface area contributed by atoms with Crippen LogP contribution in [0.5, 0.6) is 5.75 Å². The number of halogens is 1. The summed E-state index contributed by atoms with van der Waals surface area (Å²) >= 11 is 0. The fourth-order valence-corrected chi connectivity index (χ4v) is 4.20. The molecular formula is C21H24FN3O8S. The van der Waals surface area contributed by atoms with Gasteiger partial charge in [0.2, 0.25) is 10.0 Å². The molecule has 2 aromatic rings. The van der Waals surface area contributed by atoms with Crippen LogP contribution in [0.15, 0.2) is 47.4 Å². The Morgan fingerprint density at radius 1 is 1.12 bits per heavy atom. The lowest BCUT2D eigenvalue weighted by Crippen LogP contribution is -2.47. The minimum absolute atomic E-state index is 0.0229. The Bertz CT molecular complexity index is 1190. The third-order valence-corrected chi connectivity index (χ3v) is 6.12. The topological polar surface area (TPSA) is 154 Å². The van der Waals surface area contributed by atoms with Gasteiger partial charge in [0.25, 0.3) is 11.6 Å². The van der Waals surface area contributed by atoms with Gasteiger partial charge in [-0.3, -0.25) is 19.7 Å². The maximum absolute atomic E-state index is 14.0. The number of hydrogen-bond donors (Lipinski definition) is 2. The smallest absolute Gasteiger partial charge is 0.325 e. The molecular weight excluding hydrogens is 473 g/mol. The number of methoxy groups -OCH3 is 1. The highest BCUT2D eigenvalue weighted by Crippen LogP contribution is 2.29. The van der Waals surface area contributed by atoms with Gasteiger partial charge < -0.3 is 14.8 Å². The van der Waals surface area contributed by atoms with Gasteiger partial charge in [-0.1, -0.05) is 26.0 Å². The van der Waals surface area contributed by atoms with Crippen LogP contribution < -0.4 is 14.8 Å². The standard InChI is InChI=1S/C21H24FN3O8S/c1-12(2)19(24-34(30,31)18-8-6-5-7-15(18)22)21(27)33-13(3)20(26)23-16-11-14(25(28)29)9-10-17(16)32-4/h5-13,19,24H,1-4H3,(H,23,26). The fourth-order valence-electron chi connectivity index (χ4n) is 2.79. The number of carbonyl (C=O) groups is 2. The second kappa shape index (κ2) is 11.0. The number of carbonyl (C=O) groups excluding carboxylic acids is 2. The van der Waals surface area contributed by atoms with E-state index in [-0.39, 0.29) is 17.1 Å². The van der Waals surface area contributed by atoms with Gasteiger partial charge >= 0.3 is 5.97 Å². The molecule has 184 valence electrons. The second-order valence-electron chi connectivity index (χ2n) is 7.48. The largest absolute Gasteiger partial charge is 0.495 e. The van der Waals surface area contributed by atoms with Crippen molar-refractivity contribution in [3.8, 4) is 5.75 Å². The lowest BCUT2D eigenvalue weighted by molar-refractivity contribution is -0.384. The summed E-state index contributed by atoms with van der Waals surface area (Å²) in [4.78, 5) is 34.9. The molecule has 13 heteroatoms. The number of nitro groups is 1. The Kier molecular flexibility index (Phi) is 8.65. The van der Waals surface area contributed by atoms with Gasteiger partial charge in [0.15, 0.2) is 6.10 Å². The first-order valence-electron chi connectivity index (χ1n) is 9.98. The number of amides is 1. The normalized spacial score (nSPS) is 13.1. The van der Waals surface area contributed by atoms with Crippen molar-refractivity contribution in [1.29, 1.82) is 0 Å². The van der Waals surface area contributed by atoms with E-state index in [0.29, 0.717) is 0 Å². The molecule has 2 N–H and O–H groups in total. The van der Waals surface area contributed by atoms with Crippen LogP contribution >= 0.6 is 0 Å². The van der Waals surface area contributed by atoms with Crippen molar-refractivity contribution >= 4 is 33.3 Å². The van der Waals surface area contributed by atoms with E-state index in [2.05, 4.69) is 10.0 Å². The van der Waals surface area contributed by atoms with E-state index in [4.69, 9.17) is 9.47 Å². The number of nitro benzene ring substituents is 1. The number of rotatable bonds is 10. The Morgan fingerprint density at radius 3 is 2.32 bits per heavy atom. The van der Waals surface area contributed by atoms with Crippen LogP contribution in [0.25, 0.3) is 0 Å². The number of sulfonamides is 1. The Morgan fingerprint density at radius 2 is 1.76 bits per heavy atom. The minimum Gasteiger partial charge on any atom is -0.495 e. The zero-order valence-corrected chi connectivity index (χ0v) is 19.6. The average molecular weight is 498 g/mol. The summed E-state index contributed by atoms with van der Waals surface area (Å²) in [5, 5.41) is 13.4. The first-order chi connectivity index (χ1) is 15.9. The number of hydrogen-bond acceptors (Lipinski definition) is 8. The summed E-state index contributed by atoms with van der Waals surface area (Å²) in [6.07, 6.45) is -1.41. The quantitative estimate of drug-likeness (QED) is 0.288. The number of benzene rings is 2. The van der Waals surface area contributed by atoms with E-state index in [1.807, 2.05) is 0 Å². The molecule has 34 heavy (non-hydrogen) atoms. The fraction of sp³-hybridized carbons (Fsp3) is 0.333. The van der Waals surface area contributed by atoms with Crippen molar-refractivity contribution in [2.75, 3.05) is 12.4 Å². The molecule has 0 saturated heterocycles. The lowest BCUT2D eigenvalue weighted by Gasteiger charge is -2.23. The van der Waals surface area contributed by atoms with Gasteiger partial charge in [-0.2, -0.15) is 4.72 Å². The molecule has 2 aromatic carbocycles. The summed E-state index contributed by atoms with van der Waals surface area (Å²) in [5.74, 6) is -3.38. The molecule has 1 amide bonds. The summed E-state index contributed by atoms with van der Waals surface area (Å²) in [6, 6.07) is 6.78. The lowest BCUT2D eigenvalue weighted by atomic mass is 10.1.